The third-order valence-corrected chi connectivity index (χ3v) is 6.74. The Morgan fingerprint density at radius 2 is 2.10 bits per heavy atom. The van der Waals surface area contributed by atoms with E-state index in [1.807, 2.05) is 47.0 Å². The molecule has 6 nitrogen and oxygen atoms in total. The highest BCUT2D eigenvalue weighted by atomic mass is 35.5. The molecule has 30 heavy (non-hydrogen) atoms. The van der Waals surface area contributed by atoms with Crippen LogP contribution in [0.3, 0.4) is 0 Å². The van der Waals surface area contributed by atoms with Crippen LogP contribution in [0.15, 0.2) is 36.7 Å². The molecule has 0 radical (unpaired) electrons. The molecule has 0 aliphatic carbocycles. The molecule has 2 aliphatic heterocycles. The maximum atomic E-state index is 13.3. The summed E-state index contributed by atoms with van der Waals surface area (Å²) in [5.74, 6) is 1.17. The molecule has 1 N–H and O–H groups in total. The van der Waals surface area contributed by atoms with Crippen LogP contribution >= 0.6 is 11.6 Å². The molecule has 2 amide bonds. The number of imidazole rings is 1. The van der Waals surface area contributed by atoms with Gasteiger partial charge < -0.3 is 14.8 Å². The first-order valence-electron chi connectivity index (χ1n) is 10.8. The van der Waals surface area contributed by atoms with Crippen LogP contribution in [0.2, 0.25) is 5.02 Å². The zero-order chi connectivity index (χ0) is 21.1. The van der Waals surface area contributed by atoms with Crippen molar-refractivity contribution in [2.45, 2.75) is 62.9 Å². The van der Waals surface area contributed by atoms with E-state index in [9.17, 15) is 9.59 Å². The van der Waals surface area contributed by atoms with Crippen LogP contribution < -0.4 is 5.32 Å². The molecule has 0 unspecified atom stereocenters. The molecule has 2 aliphatic rings. The van der Waals surface area contributed by atoms with Gasteiger partial charge in [-0.3, -0.25) is 9.59 Å². The Bertz CT molecular complexity index is 910. The van der Waals surface area contributed by atoms with Gasteiger partial charge in [-0.05, 0) is 56.2 Å². The Morgan fingerprint density at radius 1 is 1.30 bits per heavy atom. The number of carbonyl (C=O) groups excluding carboxylic acids is 2. The molecule has 0 spiro atoms. The van der Waals surface area contributed by atoms with Crippen LogP contribution in [0, 0.1) is 0 Å². The van der Waals surface area contributed by atoms with E-state index in [0.29, 0.717) is 30.7 Å². The first kappa shape index (κ1) is 20.9. The van der Waals surface area contributed by atoms with Crippen molar-refractivity contribution in [1.29, 1.82) is 0 Å². The van der Waals surface area contributed by atoms with E-state index in [1.54, 1.807) is 6.20 Å². The SMILES string of the molecule is Cn1ccnc1[C@H]1CCCCN1C(=O)CC[C@]1(Cc2ccc(Cl)cc2)CCC(=O)N1. The maximum absolute atomic E-state index is 13.3. The molecule has 1 aromatic carbocycles. The number of piperidine rings is 1. The second-order valence-electron chi connectivity index (χ2n) is 8.63. The summed E-state index contributed by atoms with van der Waals surface area (Å²) in [7, 11) is 1.98. The summed E-state index contributed by atoms with van der Waals surface area (Å²) < 4.78 is 2.01. The van der Waals surface area contributed by atoms with Crippen LogP contribution in [0.25, 0.3) is 0 Å². The summed E-state index contributed by atoms with van der Waals surface area (Å²) in [5, 5.41) is 3.88. The number of halogens is 1. The minimum absolute atomic E-state index is 0.0386. The van der Waals surface area contributed by atoms with Crippen LogP contribution in [0.4, 0.5) is 0 Å². The van der Waals surface area contributed by atoms with Crippen molar-refractivity contribution in [3.05, 3.63) is 53.1 Å². The van der Waals surface area contributed by atoms with Crippen molar-refractivity contribution in [3.63, 3.8) is 0 Å². The number of hydrogen-bond acceptors (Lipinski definition) is 3. The van der Waals surface area contributed by atoms with Crippen LogP contribution in [0.5, 0.6) is 0 Å². The molecule has 2 fully saturated rings. The first-order valence-corrected chi connectivity index (χ1v) is 11.2. The van der Waals surface area contributed by atoms with Gasteiger partial charge in [0.15, 0.2) is 0 Å². The number of amides is 2. The average Bonchev–Trinajstić information content (AvgIpc) is 3.34. The largest absolute Gasteiger partial charge is 0.350 e. The van der Waals surface area contributed by atoms with Crippen LogP contribution in [-0.2, 0) is 23.1 Å². The van der Waals surface area contributed by atoms with Crippen LogP contribution in [-0.4, -0.2) is 38.3 Å². The molecule has 0 saturated carbocycles. The van der Waals surface area contributed by atoms with Gasteiger partial charge in [0.05, 0.1) is 6.04 Å². The summed E-state index contributed by atoms with van der Waals surface area (Å²) in [6, 6.07) is 7.78. The van der Waals surface area contributed by atoms with E-state index in [0.717, 1.165) is 43.6 Å². The van der Waals surface area contributed by atoms with Gasteiger partial charge in [-0.25, -0.2) is 4.98 Å². The quantitative estimate of drug-likeness (QED) is 0.760. The number of likely N-dealkylation sites (tertiary alicyclic amines) is 1. The van der Waals surface area contributed by atoms with Crippen molar-refractivity contribution < 1.29 is 9.59 Å². The smallest absolute Gasteiger partial charge is 0.223 e. The molecule has 4 rings (SSSR count). The number of aromatic nitrogens is 2. The van der Waals surface area contributed by atoms with Gasteiger partial charge in [0.2, 0.25) is 11.8 Å². The van der Waals surface area contributed by atoms with Gasteiger partial charge in [0.1, 0.15) is 5.82 Å². The number of aryl methyl sites for hydroxylation is 1. The molecule has 2 atom stereocenters. The topological polar surface area (TPSA) is 67.2 Å². The molecule has 3 heterocycles. The molecule has 160 valence electrons. The summed E-state index contributed by atoms with van der Waals surface area (Å²) in [5.41, 5.74) is 0.757. The Balaban J connectivity index is 1.46. The number of hydrogen-bond donors (Lipinski definition) is 1. The lowest BCUT2D eigenvalue weighted by atomic mass is 9.84. The summed E-state index contributed by atoms with van der Waals surface area (Å²) in [6.45, 7) is 0.771. The molecular formula is C23H29ClN4O2. The van der Waals surface area contributed by atoms with E-state index < -0.39 is 0 Å². The van der Waals surface area contributed by atoms with E-state index in [1.165, 1.54) is 0 Å². The molecule has 0 bridgehead atoms. The number of benzene rings is 1. The van der Waals surface area contributed by atoms with E-state index in [2.05, 4.69) is 10.3 Å². The molecule has 7 heteroatoms. The standard InChI is InChI=1S/C23H29ClN4O2/c1-27-15-13-25-22(27)19-4-2-3-14-28(19)21(30)10-12-23(11-9-20(29)26-23)16-17-5-7-18(24)8-6-17/h5-8,13,15,19H,2-4,9-12,14,16H2,1H3,(H,26,29)/t19-,23+/m1/s1. The highest BCUT2D eigenvalue weighted by Gasteiger charge is 2.39. The first-order chi connectivity index (χ1) is 14.5. The molecule has 2 saturated heterocycles. The van der Waals surface area contributed by atoms with Crippen molar-refractivity contribution in [2.24, 2.45) is 7.05 Å². The van der Waals surface area contributed by atoms with Gasteiger partial charge in [-0.15, -0.1) is 0 Å². The fourth-order valence-corrected chi connectivity index (χ4v) is 4.99. The molecule has 1 aromatic heterocycles. The Kier molecular flexibility index (Phi) is 6.14. The third kappa shape index (κ3) is 4.53. The van der Waals surface area contributed by atoms with Crippen molar-refractivity contribution >= 4 is 23.4 Å². The highest BCUT2D eigenvalue weighted by molar-refractivity contribution is 6.30. The minimum Gasteiger partial charge on any atom is -0.350 e. The Labute approximate surface area is 182 Å². The zero-order valence-electron chi connectivity index (χ0n) is 17.4. The molecular weight excluding hydrogens is 400 g/mol. The van der Waals surface area contributed by atoms with Gasteiger partial charge in [0, 0.05) is 49.4 Å². The van der Waals surface area contributed by atoms with Gasteiger partial charge in [0.25, 0.3) is 0 Å². The maximum Gasteiger partial charge on any atom is 0.223 e. The van der Waals surface area contributed by atoms with Crippen molar-refractivity contribution in [3.8, 4) is 0 Å². The summed E-state index contributed by atoms with van der Waals surface area (Å²) in [6.07, 6.45) is 9.86. The number of nitrogens with one attached hydrogen (secondary N) is 1. The average molecular weight is 429 g/mol. The summed E-state index contributed by atoms with van der Waals surface area (Å²) in [4.78, 5) is 31.8. The predicted octanol–water partition coefficient (Wildman–Crippen LogP) is 3.80. The molecule has 2 aromatic rings. The number of carbonyl (C=O) groups is 2. The zero-order valence-corrected chi connectivity index (χ0v) is 18.2. The number of rotatable bonds is 6. The van der Waals surface area contributed by atoms with Gasteiger partial charge >= 0.3 is 0 Å². The monoisotopic (exact) mass is 428 g/mol. The van der Waals surface area contributed by atoms with Crippen molar-refractivity contribution in [2.75, 3.05) is 6.54 Å². The van der Waals surface area contributed by atoms with Crippen LogP contribution in [0.1, 0.15) is 62.4 Å². The van der Waals surface area contributed by atoms with E-state index >= 15 is 0 Å². The normalized spacial score (nSPS) is 24.1. The highest BCUT2D eigenvalue weighted by Crippen LogP contribution is 2.33. The van der Waals surface area contributed by atoms with Gasteiger partial charge in [-0.2, -0.15) is 0 Å². The Morgan fingerprint density at radius 3 is 2.77 bits per heavy atom. The second kappa shape index (κ2) is 8.80. The lowest BCUT2D eigenvalue weighted by molar-refractivity contribution is -0.136. The predicted molar refractivity (Wildman–Crippen MR) is 116 cm³/mol. The van der Waals surface area contributed by atoms with E-state index in [4.69, 9.17) is 11.6 Å². The second-order valence-corrected chi connectivity index (χ2v) is 9.06. The van der Waals surface area contributed by atoms with E-state index in [-0.39, 0.29) is 23.4 Å². The fraction of sp³-hybridized carbons (Fsp3) is 0.522. The summed E-state index contributed by atoms with van der Waals surface area (Å²) >= 11 is 6.02. The lowest BCUT2D eigenvalue weighted by Gasteiger charge is -2.36. The Hall–Kier alpha value is -2.34. The van der Waals surface area contributed by atoms with Gasteiger partial charge in [-0.1, -0.05) is 23.7 Å². The minimum atomic E-state index is -0.366. The third-order valence-electron chi connectivity index (χ3n) is 6.49. The van der Waals surface area contributed by atoms with Crippen molar-refractivity contribution in [1.82, 2.24) is 19.8 Å². The fourth-order valence-electron chi connectivity index (χ4n) is 4.86. The lowest BCUT2D eigenvalue weighted by Crippen LogP contribution is -2.46. The number of nitrogens with zero attached hydrogens (tertiary/aromatic N) is 3.